The number of aliphatic hydroxyl groups is 1. The molecule has 2 heterocycles. The van der Waals surface area contributed by atoms with Crippen LogP contribution in [0.3, 0.4) is 0 Å². The maximum Gasteiger partial charge on any atom is 0.407 e. The first-order valence-corrected chi connectivity index (χ1v) is 14.3. The van der Waals surface area contributed by atoms with Crippen molar-refractivity contribution in [3.05, 3.63) is 12.7 Å². The van der Waals surface area contributed by atoms with Crippen LogP contribution in [0.25, 0.3) is 0 Å². The average Bonchev–Trinajstić information content (AvgIpc) is 2.79. The Morgan fingerprint density at radius 3 is 2.44 bits per heavy atom. The number of carbonyl (C=O) groups is 2. The van der Waals surface area contributed by atoms with E-state index in [0.717, 1.165) is 12.8 Å². The molecule has 0 aromatic carbocycles. The lowest BCUT2D eigenvalue weighted by molar-refractivity contribution is -0.456. The van der Waals surface area contributed by atoms with E-state index in [-0.39, 0.29) is 23.7 Å². The number of hydrogen-bond donors (Lipinski definition) is 2. The third kappa shape index (κ3) is 4.47. The van der Waals surface area contributed by atoms with Gasteiger partial charge in [0, 0.05) is 24.3 Å². The number of ether oxygens (including phenoxy) is 4. The molecule has 2 aliphatic carbocycles. The van der Waals surface area contributed by atoms with E-state index in [1.165, 1.54) is 0 Å². The number of amides is 1. The fraction of sp³-hybridized carbons (Fsp3) is 0.867. The summed E-state index contributed by atoms with van der Waals surface area (Å²) in [6.07, 6.45) is -0.242. The molecular weight excluding hydrogens is 500 g/mol. The van der Waals surface area contributed by atoms with Crippen molar-refractivity contribution in [3.8, 4) is 0 Å². The molecule has 1 unspecified atom stereocenters. The standard InChI is InChI=1S/C30H50N2O7/c1-12-27(7)17-18(33)30-28(8)19(36-24(38-30)32(10)11)13-14-26(5,6)21(28)20(22(34)29(30,9)39-27)37-23(35)31-16-15-25(2,3)4/h12,19-22,24,34H,1,13-17H2,2-11H3,(H,31,35)/t19-,20-,21-,22-,24?,27-,28-,29+,30-/m0/s1. The fourth-order valence-electron chi connectivity index (χ4n) is 8.13. The summed E-state index contributed by atoms with van der Waals surface area (Å²) < 4.78 is 26.1. The van der Waals surface area contributed by atoms with Gasteiger partial charge in [-0.3, -0.25) is 9.69 Å². The van der Waals surface area contributed by atoms with E-state index >= 15 is 0 Å². The predicted molar refractivity (Wildman–Crippen MR) is 147 cm³/mol. The topological polar surface area (TPSA) is 107 Å². The lowest BCUT2D eigenvalue weighted by atomic mass is 9.39. The van der Waals surface area contributed by atoms with Crippen LogP contribution in [0.4, 0.5) is 4.79 Å². The van der Waals surface area contributed by atoms with Gasteiger partial charge in [-0.15, -0.1) is 6.58 Å². The van der Waals surface area contributed by atoms with Gasteiger partial charge in [0.1, 0.15) is 17.8 Å². The first-order valence-electron chi connectivity index (χ1n) is 14.3. The molecule has 222 valence electrons. The quantitative estimate of drug-likeness (QED) is 0.495. The van der Waals surface area contributed by atoms with Crippen LogP contribution in [0.15, 0.2) is 12.7 Å². The van der Waals surface area contributed by atoms with E-state index in [1.807, 2.05) is 21.0 Å². The van der Waals surface area contributed by atoms with Crippen LogP contribution >= 0.6 is 0 Å². The molecule has 9 heteroatoms. The second-order valence-corrected chi connectivity index (χ2v) is 14.9. The van der Waals surface area contributed by atoms with Crippen LogP contribution in [-0.2, 0) is 23.7 Å². The van der Waals surface area contributed by atoms with Gasteiger partial charge in [-0.25, -0.2) is 4.79 Å². The Labute approximate surface area is 233 Å². The summed E-state index contributed by atoms with van der Waals surface area (Å²) in [6.45, 7) is 20.4. The van der Waals surface area contributed by atoms with Crippen LogP contribution < -0.4 is 5.32 Å². The highest BCUT2D eigenvalue weighted by molar-refractivity contribution is 5.93. The zero-order chi connectivity index (χ0) is 29.4. The van der Waals surface area contributed by atoms with Crippen molar-refractivity contribution in [2.45, 2.75) is 123 Å². The molecule has 4 rings (SSSR count). The summed E-state index contributed by atoms with van der Waals surface area (Å²) in [5, 5.41) is 15.1. The van der Waals surface area contributed by atoms with Crippen molar-refractivity contribution in [1.29, 1.82) is 0 Å². The first-order chi connectivity index (χ1) is 17.8. The van der Waals surface area contributed by atoms with E-state index in [0.29, 0.717) is 13.0 Å². The van der Waals surface area contributed by atoms with Crippen LogP contribution in [0.2, 0.25) is 0 Å². The van der Waals surface area contributed by atoms with Crippen molar-refractivity contribution >= 4 is 11.9 Å². The first kappa shape index (κ1) is 30.4. The van der Waals surface area contributed by atoms with Crippen molar-refractivity contribution in [2.24, 2.45) is 22.2 Å². The van der Waals surface area contributed by atoms with E-state index in [9.17, 15) is 14.7 Å². The zero-order valence-electron chi connectivity index (χ0n) is 25.6. The van der Waals surface area contributed by atoms with Gasteiger partial charge in [0.25, 0.3) is 0 Å². The Balaban J connectivity index is 1.86. The molecule has 4 fully saturated rings. The summed E-state index contributed by atoms with van der Waals surface area (Å²) >= 11 is 0. The number of alkyl carbamates (subject to hydrolysis) is 1. The van der Waals surface area contributed by atoms with Gasteiger partial charge in [-0.2, -0.15) is 0 Å². The summed E-state index contributed by atoms with van der Waals surface area (Å²) in [7, 11) is 3.67. The van der Waals surface area contributed by atoms with Gasteiger partial charge in [0.2, 0.25) is 6.41 Å². The molecule has 4 aliphatic rings. The number of nitrogens with zero attached hydrogens (tertiary/aromatic N) is 1. The van der Waals surface area contributed by atoms with E-state index in [2.05, 4.69) is 46.5 Å². The Hall–Kier alpha value is -1.52. The lowest BCUT2D eigenvalue weighted by Crippen LogP contribution is -2.89. The molecule has 9 nitrogen and oxygen atoms in total. The summed E-state index contributed by atoms with van der Waals surface area (Å²) in [4.78, 5) is 29.5. The predicted octanol–water partition coefficient (Wildman–Crippen LogP) is 4.03. The van der Waals surface area contributed by atoms with Crippen molar-refractivity contribution in [1.82, 2.24) is 10.2 Å². The molecular formula is C30H50N2O7. The molecule has 1 spiro atoms. The Morgan fingerprint density at radius 2 is 1.87 bits per heavy atom. The SMILES string of the molecule is C=C[C@@]1(C)CC(=O)[C@@]23OC(N(C)C)O[C@H]4CCC(C)(C)[C@H]([C@H](OC(=O)NCCC(C)(C)C)[C@H](O)[C@@]2(C)O1)[C@]43C. The Bertz CT molecular complexity index is 1010. The van der Waals surface area contributed by atoms with Crippen LogP contribution in [0.5, 0.6) is 0 Å². The van der Waals surface area contributed by atoms with Gasteiger partial charge in [-0.1, -0.05) is 47.6 Å². The number of aliphatic hydroxyl groups excluding tert-OH is 1. The van der Waals surface area contributed by atoms with Gasteiger partial charge < -0.3 is 29.4 Å². The van der Waals surface area contributed by atoms with Gasteiger partial charge >= 0.3 is 6.09 Å². The minimum Gasteiger partial charge on any atom is -0.443 e. The zero-order valence-corrected chi connectivity index (χ0v) is 25.6. The van der Waals surface area contributed by atoms with E-state index in [1.54, 1.807) is 24.8 Å². The molecule has 2 saturated heterocycles. The monoisotopic (exact) mass is 550 g/mol. The van der Waals surface area contributed by atoms with Crippen molar-refractivity contribution in [2.75, 3.05) is 20.6 Å². The summed E-state index contributed by atoms with van der Waals surface area (Å²) in [6, 6.07) is 0. The van der Waals surface area contributed by atoms with E-state index in [4.69, 9.17) is 18.9 Å². The largest absolute Gasteiger partial charge is 0.443 e. The highest BCUT2D eigenvalue weighted by Gasteiger charge is 2.84. The molecule has 9 atom stereocenters. The van der Waals surface area contributed by atoms with Crippen molar-refractivity contribution < 1.29 is 33.6 Å². The molecule has 0 radical (unpaired) electrons. The Morgan fingerprint density at radius 1 is 1.23 bits per heavy atom. The highest BCUT2D eigenvalue weighted by atomic mass is 16.7. The fourth-order valence-corrected chi connectivity index (χ4v) is 8.13. The second-order valence-electron chi connectivity index (χ2n) is 14.9. The number of Topliss-reactive ketones (excluding diaryl/α,β-unsaturated/α-hetero) is 1. The molecule has 0 aromatic rings. The van der Waals surface area contributed by atoms with Crippen LogP contribution in [0.1, 0.15) is 81.1 Å². The van der Waals surface area contributed by atoms with Crippen molar-refractivity contribution in [3.63, 3.8) is 0 Å². The summed E-state index contributed by atoms with van der Waals surface area (Å²) in [5.41, 5.74) is -5.47. The molecule has 0 aromatic heterocycles. The Kier molecular flexibility index (Phi) is 7.42. The van der Waals surface area contributed by atoms with Gasteiger partial charge in [0.05, 0.1) is 11.7 Å². The van der Waals surface area contributed by atoms with Crippen LogP contribution in [-0.4, -0.2) is 84.1 Å². The maximum absolute atomic E-state index is 14.5. The molecule has 39 heavy (non-hydrogen) atoms. The third-order valence-corrected chi connectivity index (χ3v) is 10.0. The van der Waals surface area contributed by atoms with E-state index < -0.39 is 58.3 Å². The molecule has 0 bridgehead atoms. The summed E-state index contributed by atoms with van der Waals surface area (Å²) in [5.74, 6) is -0.611. The normalized spacial score (nSPS) is 45.2. The average molecular weight is 551 g/mol. The minimum atomic E-state index is -1.56. The molecule has 1 amide bonds. The third-order valence-electron chi connectivity index (χ3n) is 10.0. The molecule has 2 saturated carbocycles. The number of nitrogens with one attached hydrogen (secondary N) is 1. The minimum absolute atomic E-state index is 0.0436. The number of ketones is 1. The maximum atomic E-state index is 14.5. The van der Waals surface area contributed by atoms with Gasteiger partial charge in [0.15, 0.2) is 11.4 Å². The lowest BCUT2D eigenvalue weighted by Gasteiger charge is -2.74. The molecule has 2 aliphatic heterocycles. The number of hydrogen-bond acceptors (Lipinski definition) is 8. The number of carbonyl (C=O) groups excluding carboxylic acids is 2. The van der Waals surface area contributed by atoms with Gasteiger partial charge in [-0.05, 0) is 58.0 Å². The highest BCUT2D eigenvalue weighted by Crippen LogP contribution is 2.70. The second kappa shape index (κ2) is 9.51. The number of rotatable bonds is 5. The smallest absolute Gasteiger partial charge is 0.407 e. The van der Waals surface area contributed by atoms with Crippen LogP contribution in [0, 0.1) is 22.2 Å². The molecule has 2 N–H and O–H groups in total.